The first kappa shape index (κ1) is 12.6. The zero-order valence-electron chi connectivity index (χ0n) is 10.1. The number of para-hydroxylation sites is 1. The average molecular weight is 263 g/mol. The van der Waals surface area contributed by atoms with Crippen molar-refractivity contribution in [3.63, 3.8) is 0 Å². The number of aromatic nitrogens is 4. The zero-order valence-corrected chi connectivity index (χ0v) is 10.9. The maximum Gasteiger partial charge on any atom is 0.230 e. The lowest BCUT2D eigenvalue weighted by atomic mass is 10.2. The van der Waals surface area contributed by atoms with E-state index >= 15 is 0 Å². The SMILES string of the molecule is Cc1ccccc1-n1nnnc1S[C@H](C)C(N)=O. The highest BCUT2D eigenvalue weighted by Crippen LogP contribution is 2.23. The summed E-state index contributed by atoms with van der Waals surface area (Å²) >= 11 is 1.24. The Morgan fingerprint density at radius 3 is 2.83 bits per heavy atom. The third-order valence-corrected chi connectivity index (χ3v) is 3.52. The van der Waals surface area contributed by atoms with Crippen LogP contribution in [0.2, 0.25) is 0 Å². The molecule has 0 radical (unpaired) electrons. The number of aryl methyl sites for hydroxylation is 1. The predicted molar refractivity (Wildman–Crippen MR) is 68.4 cm³/mol. The molecule has 94 valence electrons. The smallest absolute Gasteiger partial charge is 0.230 e. The lowest BCUT2D eigenvalue weighted by Gasteiger charge is -2.09. The van der Waals surface area contributed by atoms with Crippen LogP contribution in [0.15, 0.2) is 29.4 Å². The number of nitrogens with zero attached hydrogens (tertiary/aromatic N) is 4. The molecule has 7 heteroatoms. The number of thioether (sulfide) groups is 1. The van der Waals surface area contributed by atoms with Crippen LogP contribution in [0.3, 0.4) is 0 Å². The number of tetrazole rings is 1. The molecule has 1 amide bonds. The molecular weight excluding hydrogens is 250 g/mol. The van der Waals surface area contributed by atoms with Crippen LogP contribution in [0, 0.1) is 6.92 Å². The van der Waals surface area contributed by atoms with Gasteiger partial charge in [0.2, 0.25) is 11.1 Å². The topological polar surface area (TPSA) is 86.7 Å². The normalized spacial score (nSPS) is 12.3. The second kappa shape index (κ2) is 5.18. The largest absolute Gasteiger partial charge is 0.369 e. The fourth-order valence-electron chi connectivity index (χ4n) is 1.42. The van der Waals surface area contributed by atoms with Crippen molar-refractivity contribution >= 4 is 17.7 Å². The Balaban J connectivity index is 2.34. The minimum Gasteiger partial charge on any atom is -0.369 e. The quantitative estimate of drug-likeness (QED) is 0.829. The number of carbonyl (C=O) groups is 1. The minimum atomic E-state index is -0.390. The van der Waals surface area contributed by atoms with Crippen LogP contribution in [0.5, 0.6) is 0 Å². The van der Waals surface area contributed by atoms with Crippen LogP contribution >= 0.6 is 11.8 Å². The van der Waals surface area contributed by atoms with Gasteiger partial charge in [-0.3, -0.25) is 4.79 Å². The molecule has 1 aromatic carbocycles. The van der Waals surface area contributed by atoms with E-state index in [1.807, 2.05) is 31.2 Å². The van der Waals surface area contributed by atoms with Crippen LogP contribution in [0.1, 0.15) is 12.5 Å². The second-order valence-corrected chi connectivity index (χ2v) is 5.13. The summed E-state index contributed by atoms with van der Waals surface area (Å²) in [5.41, 5.74) is 7.18. The van der Waals surface area contributed by atoms with Crippen LogP contribution < -0.4 is 5.73 Å². The first-order chi connectivity index (χ1) is 8.59. The number of carbonyl (C=O) groups excluding carboxylic acids is 1. The summed E-state index contributed by atoms with van der Waals surface area (Å²) in [5.74, 6) is -0.390. The summed E-state index contributed by atoms with van der Waals surface area (Å²) in [7, 11) is 0. The molecule has 2 N–H and O–H groups in total. The van der Waals surface area contributed by atoms with Gasteiger partial charge < -0.3 is 5.73 Å². The van der Waals surface area contributed by atoms with Crippen molar-refractivity contribution in [1.82, 2.24) is 20.2 Å². The molecule has 0 saturated carbocycles. The highest BCUT2D eigenvalue weighted by molar-refractivity contribution is 8.00. The third-order valence-electron chi connectivity index (χ3n) is 2.47. The molecule has 2 rings (SSSR count). The maximum absolute atomic E-state index is 11.1. The number of nitrogens with two attached hydrogens (primary N) is 1. The number of amides is 1. The van der Waals surface area contributed by atoms with Crippen molar-refractivity contribution in [3.05, 3.63) is 29.8 Å². The summed E-state index contributed by atoms with van der Waals surface area (Å²) in [6.45, 7) is 3.70. The van der Waals surface area contributed by atoms with Crippen LogP contribution in [-0.4, -0.2) is 31.4 Å². The molecule has 0 aliphatic carbocycles. The molecule has 0 saturated heterocycles. The number of hydrogen-bond acceptors (Lipinski definition) is 5. The van der Waals surface area contributed by atoms with Gasteiger partial charge in [-0.25, -0.2) is 0 Å². The predicted octanol–water partition coefficient (Wildman–Crippen LogP) is 0.937. The van der Waals surface area contributed by atoms with Gasteiger partial charge in [-0.2, -0.15) is 4.68 Å². The monoisotopic (exact) mass is 263 g/mol. The minimum absolute atomic E-state index is 0.376. The molecule has 1 atom stereocenters. The Hall–Kier alpha value is -1.89. The van der Waals surface area contributed by atoms with E-state index in [0.717, 1.165) is 11.3 Å². The molecule has 0 spiro atoms. The number of benzene rings is 1. The van der Waals surface area contributed by atoms with E-state index in [1.165, 1.54) is 11.8 Å². The molecule has 0 fully saturated rings. The molecule has 1 heterocycles. The van der Waals surface area contributed by atoms with Crippen molar-refractivity contribution in [2.24, 2.45) is 5.73 Å². The summed E-state index contributed by atoms with van der Waals surface area (Å²) < 4.78 is 1.61. The van der Waals surface area contributed by atoms with Gasteiger partial charge in [0.1, 0.15) is 0 Å². The molecule has 0 aliphatic rings. The molecule has 2 aromatic rings. The van der Waals surface area contributed by atoms with E-state index in [4.69, 9.17) is 5.73 Å². The van der Waals surface area contributed by atoms with Gasteiger partial charge in [-0.15, -0.1) is 5.10 Å². The second-order valence-electron chi connectivity index (χ2n) is 3.82. The molecular formula is C11H13N5OS. The Morgan fingerprint density at radius 2 is 2.17 bits per heavy atom. The van der Waals surface area contributed by atoms with E-state index in [9.17, 15) is 4.79 Å². The van der Waals surface area contributed by atoms with Crippen molar-refractivity contribution in [2.75, 3.05) is 0 Å². The van der Waals surface area contributed by atoms with Crippen molar-refractivity contribution in [2.45, 2.75) is 24.3 Å². The molecule has 1 aromatic heterocycles. The lowest BCUT2D eigenvalue weighted by Crippen LogP contribution is -2.23. The maximum atomic E-state index is 11.1. The van der Waals surface area contributed by atoms with E-state index in [1.54, 1.807) is 11.6 Å². The molecule has 6 nitrogen and oxygen atoms in total. The van der Waals surface area contributed by atoms with E-state index in [2.05, 4.69) is 15.5 Å². The zero-order chi connectivity index (χ0) is 13.1. The van der Waals surface area contributed by atoms with Crippen LogP contribution in [0.4, 0.5) is 0 Å². The van der Waals surface area contributed by atoms with Gasteiger partial charge in [0, 0.05) is 0 Å². The molecule has 0 bridgehead atoms. The van der Waals surface area contributed by atoms with Gasteiger partial charge in [0.25, 0.3) is 0 Å². The summed E-state index contributed by atoms with van der Waals surface area (Å²) in [6.07, 6.45) is 0. The Bertz CT molecular complexity index is 568. The molecule has 18 heavy (non-hydrogen) atoms. The fourth-order valence-corrected chi connectivity index (χ4v) is 2.17. The molecule has 0 unspecified atom stereocenters. The Labute approximate surface area is 109 Å². The summed E-state index contributed by atoms with van der Waals surface area (Å²) in [6, 6.07) is 7.76. The standard InChI is InChI=1S/C11H13N5OS/c1-7-5-3-4-6-9(7)16-11(13-14-15-16)18-8(2)10(12)17/h3-6,8H,1-2H3,(H2,12,17)/t8-/m1/s1. The van der Waals surface area contributed by atoms with Gasteiger partial charge in [-0.05, 0) is 35.9 Å². The summed E-state index contributed by atoms with van der Waals surface area (Å²) in [5, 5.41) is 11.7. The van der Waals surface area contributed by atoms with Crippen molar-refractivity contribution in [3.8, 4) is 5.69 Å². The third kappa shape index (κ3) is 2.51. The number of rotatable bonds is 4. The van der Waals surface area contributed by atoms with Gasteiger partial charge in [0.15, 0.2) is 0 Å². The highest BCUT2D eigenvalue weighted by atomic mass is 32.2. The van der Waals surface area contributed by atoms with E-state index in [0.29, 0.717) is 5.16 Å². The highest BCUT2D eigenvalue weighted by Gasteiger charge is 2.17. The van der Waals surface area contributed by atoms with E-state index in [-0.39, 0.29) is 11.2 Å². The van der Waals surface area contributed by atoms with Crippen LogP contribution in [0.25, 0.3) is 5.69 Å². The molecule has 0 aliphatic heterocycles. The number of primary amides is 1. The summed E-state index contributed by atoms with van der Waals surface area (Å²) in [4.78, 5) is 11.1. The lowest BCUT2D eigenvalue weighted by molar-refractivity contribution is -0.117. The first-order valence-corrected chi connectivity index (χ1v) is 6.28. The van der Waals surface area contributed by atoms with Gasteiger partial charge >= 0.3 is 0 Å². The fraction of sp³-hybridized carbons (Fsp3) is 0.273. The van der Waals surface area contributed by atoms with Crippen molar-refractivity contribution < 1.29 is 4.79 Å². The van der Waals surface area contributed by atoms with E-state index < -0.39 is 0 Å². The Kier molecular flexibility index (Phi) is 3.61. The first-order valence-electron chi connectivity index (χ1n) is 5.40. The van der Waals surface area contributed by atoms with Gasteiger partial charge in [0.05, 0.1) is 10.9 Å². The van der Waals surface area contributed by atoms with Crippen LogP contribution in [-0.2, 0) is 4.79 Å². The van der Waals surface area contributed by atoms with Crippen molar-refractivity contribution in [1.29, 1.82) is 0 Å². The van der Waals surface area contributed by atoms with Gasteiger partial charge in [-0.1, -0.05) is 30.0 Å². The Morgan fingerprint density at radius 1 is 1.44 bits per heavy atom. The average Bonchev–Trinajstić information content (AvgIpc) is 2.77. The number of hydrogen-bond donors (Lipinski definition) is 1.